The Kier molecular flexibility index (Phi) is 8.12. The summed E-state index contributed by atoms with van der Waals surface area (Å²) in [6.45, 7) is 5.94. The van der Waals surface area contributed by atoms with Crippen molar-refractivity contribution in [3.8, 4) is 17.0 Å². The molecular weight excluding hydrogens is 534 g/mol. The number of carbonyl (C=O) groups excluding carboxylic acids is 1. The Bertz CT molecular complexity index is 1680. The van der Waals surface area contributed by atoms with Crippen molar-refractivity contribution in [1.29, 1.82) is 0 Å². The minimum absolute atomic E-state index is 0.00742. The summed E-state index contributed by atoms with van der Waals surface area (Å²) in [4.78, 5) is 37.7. The predicted octanol–water partition coefficient (Wildman–Crippen LogP) is 4.62. The number of aromatic carboxylic acids is 1. The van der Waals surface area contributed by atoms with Gasteiger partial charge in [-0.2, -0.15) is 0 Å². The molecule has 42 heavy (non-hydrogen) atoms. The van der Waals surface area contributed by atoms with Crippen LogP contribution in [0.1, 0.15) is 22.3 Å². The predicted molar refractivity (Wildman–Crippen MR) is 165 cm³/mol. The molecule has 0 fully saturated rings. The quantitative estimate of drug-likeness (QED) is 0.222. The summed E-state index contributed by atoms with van der Waals surface area (Å²) < 4.78 is 7.88. The van der Waals surface area contributed by atoms with Gasteiger partial charge in [0, 0.05) is 56.1 Å². The Hall–Kier alpha value is -4.90. The number of aryl methyl sites for hydroxylation is 2. The standard InChI is InChI=1S/C31H35N7O4/c1-6-27(39)33-23-15-24(26(42-5)16-25(23)37(4)14-13-36(2)3)34-31-32-17-21(30(40)41)28(35-31)22-18-38-12-8-10-19-9-7-11-20(22)29(19)38/h6-7,9,11,15-18H,1,8,10,12-14H2,2-5H3,(H,33,39)(H,40,41)(H,32,34,35). The number of amides is 1. The lowest BCUT2D eigenvalue weighted by molar-refractivity contribution is -0.111. The molecule has 11 heteroatoms. The first-order valence-electron chi connectivity index (χ1n) is 13.7. The van der Waals surface area contributed by atoms with E-state index in [9.17, 15) is 14.7 Å². The lowest BCUT2D eigenvalue weighted by atomic mass is 10.0. The van der Waals surface area contributed by atoms with Crippen LogP contribution in [0.3, 0.4) is 0 Å². The first kappa shape index (κ1) is 28.6. The van der Waals surface area contributed by atoms with Crippen molar-refractivity contribution in [3.05, 3.63) is 66.5 Å². The van der Waals surface area contributed by atoms with Gasteiger partial charge in [0.25, 0.3) is 0 Å². The van der Waals surface area contributed by atoms with Crippen LogP contribution < -0.4 is 20.3 Å². The third-order valence-electron chi connectivity index (χ3n) is 7.40. The maximum absolute atomic E-state index is 12.3. The lowest BCUT2D eigenvalue weighted by Gasteiger charge is -2.26. The third-order valence-corrected chi connectivity index (χ3v) is 7.40. The number of hydrogen-bond donors (Lipinski definition) is 3. The third kappa shape index (κ3) is 5.64. The highest BCUT2D eigenvalue weighted by atomic mass is 16.5. The average Bonchev–Trinajstić information content (AvgIpc) is 3.36. The Labute approximate surface area is 244 Å². The van der Waals surface area contributed by atoms with Crippen molar-refractivity contribution in [1.82, 2.24) is 19.4 Å². The molecule has 11 nitrogen and oxygen atoms in total. The molecule has 3 N–H and O–H groups in total. The van der Waals surface area contributed by atoms with Gasteiger partial charge in [-0.3, -0.25) is 4.79 Å². The van der Waals surface area contributed by atoms with E-state index < -0.39 is 5.97 Å². The highest BCUT2D eigenvalue weighted by Gasteiger charge is 2.23. The number of carbonyl (C=O) groups is 2. The van der Waals surface area contributed by atoms with E-state index >= 15 is 0 Å². The van der Waals surface area contributed by atoms with Gasteiger partial charge in [0.1, 0.15) is 11.3 Å². The Morgan fingerprint density at radius 2 is 2.00 bits per heavy atom. The topological polar surface area (TPSA) is 125 Å². The van der Waals surface area contributed by atoms with Crippen molar-refractivity contribution in [3.63, 3.8) is 0 Å². The number of aromatic nitrogens is 3. The fourth-order valence-electron chi connectivity index (χ4n) is 5.27. The average molecular weight is 570 g/mol. The van der Waals surface area contributed by atoms with Crippen LogP contribution in [0.5, 0.6) is 5.75 Å². The Morgan fingerprint density at radius 1 is 1.19 bits per heavy atom. The van der Waals surface area contributed by atoms with E-state index in [1.54, 1.807) is 13.2 Å². The van der Waals surface area contributed by atoms with E-state index in [1.165, 1.54) is 17.8 Å². The molecule has 0 spiro atoms. The second kappa shape index (κ2) is 11.9. The van der Waals surface area contributed by atoms with Gasteiger partial charge in [-0.15, -0.1) is 0 Å². The molecule has 0 saturated carbocycles. The van der Waals surface area contributed by atoms with E-state index in [0.29, 0.717) is 29.4 Å². The van der Waals surface area contributed by atoms with Crippen LogP contribution >= 0.6 is 0 Å². The molecule has 0 unspecified atom stereocenters. The van der Waals surface area contributed by atoms with Gasteiger partial charge in [-0.05, 0) is 44.6 Å². The van der Waals surface area contributed by atoms with Gasteiger partial charge in [0.05, 0.1) is 35.4 Å². The summed E-state index contributed by atoms with van der Waals surface area (Å²) in [6, 6.07) is 9.69. The summed E-state index contributed by atoms with van der Waals surface area (Å²) in [5, 5.41) is 17.0. The summed E-state index contributed by atoms with van der Waals surface area (Å²) in [5.41, 5.74) is 5.21. The first-order chi connectivity index (χ1) is 20.2. The highest BCUT2D eigenvalue weighted by Crippen LogP contribution is 2.39. The minimum atomic E-state index is -1.11. The highest BCUT2D eigenvalue weighted by molar-refractivity contribution is 6.04. The molecule has 1 amide bonds. The number of benzene rings is 2. The molecule has 0 bridgehead atoms. The maximum Gasteiger partial charge on any atom is 0.339 e. The zero-order valence-electron chi connectivity index (χ0n) is 24.3. The summed E-state index contributed by atoms with van der Waals surface area (Å²) in [7, 11) is 7.49. The molecule has 1 aliphatic heterocycles. The van der Waals surface area contributed by atoms with Gasteiger partial charge >= 0.3 is 5.97 Å². The summed E-state index contributed by atoms with van der Waals surface area (Å²) in [6.07, 6.45) is 6.50. The number of nitrogens with zero attached hydrogens (tertiary/aromatic N) is 5. The number of carboxylic acids is 1. The van der Waals surface area contributed by atoms with Crippen LogP contribution in [0.4, 0.5) is 23.0 Å². The molecule has 2 aromatic heterocycles. The normalized spacial score (nSPS) is 12.3. The molecular formula is C31H35N7O4. The summed E-state index contributed by atoms with van der Waals surface area (Å²) in [5.74, 6) is -0.778. The van der Waals surface area contributed by atoms with Crippen LogP contribution in [0.2, 0.25) is 0 Å². The number of anilines is 4. The molecule has 4 aromatic rings. The molecule has 2 aromatic carbocycles. The SMILES string of the molecule is C=CC(=O)Nc1cc(Nc2ncc(C(=O)O)c(-c3cn4c5c(cccc35)CCC4)n2)c(OC)cc1N(C)CCN(C)C. The van der Waals surface area contributed by atoms with E-state index in [1.807, 2.05) is 50.4 Å². The molecule has 0 radical (unpaired) electrons. The van der Waals surface area contributed by atoms with Crippen molar-refractivity contribution >= 4 is 45.8 Å². The number of likely N-dealkylation sites (N-methyl/N-ethyl adjacent to an activating group) is 2. The number of hydrogen-bond acceptors (Lipinski definition) is 8. The zero-order chi connectivity index (χ0) is 30.0. The van der Waals surface area contributed by atoms with Crippen LogP contribution in [0.25, 0.3) is 22.2 Å². The molecule has 0 saturated heterocycles. The lowest BCUT2D eigenvalue weighted by Crippen LogP contribution is -2.29. The van der Waals surface area contributed by atoms with E-state index in [4.69, 9.17) is 9.72 Å². The van der Waals surface area contributed by atoms with E-state index in [0.717, 1.165) is 48.1 Å². The first-order valence-corrected chi connectivity index (χ1v) is 13.7. The molecule has 1 aliphatic rings. The largest absolute Gasteiger partial charge is 0.494 e. The van der Waals surface area contributed by atoms with Crippen molar-refractivity contribution in [2.24, 2.45) is 0 Å². The van der Waals surface area contributed by atoms with Crippen LogP contribution in [0, 0.1) is 0 Å². The fraction of sp³-hybridized carbons (Fsp3) is 0.290. The Morgan fingerprint density at radius 3 is 2.71 bits per heavy atom. The monoisotopic (exact) mass is 569 g/mol. The molecule has 0 aliphatic carbocycles. The molecule has 218 valence electrons. The van der Waals surface area contributed by atoms with Gasteiger partial charge < -0.3 is 34.8 Å². The zero-order valence-corrected chi connectivity index (χ0v) is 24.3. The number of ether oxygens (including phenoxy) is 1. The number of methoxy groups -OCH3 is 1. The van der Waals surface area contributed by atoms with Gasteiger partial charge in [-0.1, -0.05) is 24.8 Å². The van der Waals surface area contributed by atoms with Crippen LogP contribution in [-0.4, -0.2) is 77.8 Å². The molecule has 5 rings (SSSR count). The fourth-order valence-corrected chi connectivity index (χ4v) is 5.27. The molecule has 0 atom stereocenters. The van der Waals surface area contributed by atoms with E-state index in [2.05, 4.69) is 37.7 Å². The van der Waals surface area contributed by atoms with Crippen LogP contribution in [-0.2, 0) is 17.8 Å². The minimum Gasteiger partial charge on any atom is -0.494 e. The van der Waals surface area contributed by atoms with Crippen LogP contribution in [0.15, 0.2) is 55.4 Å². The number of nitrogens with one attached hydrogen (secondary N) is 2. The van der Waals surface area contributed by atoms with Gasteiger partial charge in [0.2, 0.25) is 11.9 Å². The maximum atomic E-state index is 12.3. The number of carboxylic acid groups (broad SMARTS) is 1. The second-order valence-electron chi connectivity index (χ2n) is 10.5. The Balaban J connectivity index is 1.58. The smallest absolute Gasteiger partial charge is 0.339 e. The van der Waals surface area contributed by atoms with Crippen molar-refractivity contribution in [2.75, 3.05) is 56.9 Å². The number of para-hydroxylation sites is 1. The second-order valence-corrected chi connectivity index (χ2v) is 10.5. The number of rotatable bonds is 11. The van der Waals surface area contributed by atoms with Gasteiger partial charge in [0.15, 0.2) is 0 Å². The summed E-state index contributed by atoms with van der Waals surface area (Å²) >= 11 is 0. The molecule has 3 heterocycles. The van der Waals surface area contributed by atoms with Crippen molar-refractivity contribution < 1.29 is 19.4 Å². The van der Waals surface area contributed by atoms with Gasteiger partial charge in [-0.25, -0.2) is 14.8 Å². The van der Waals surface area contributed by atoms with E-state index in [-0.39, 0.29) is 17.4 Å². The van der Waals surface area contributed by atoms with Crippen molar-refractivity contribution in [2.45, 2.75) is 19.4 Å².